The van der Waals surface area contributed by atoms with Crippen LogP contribution in [0, 0.1) is 5.92 Å². The molecule has 0 aliphatic heterocycles. The van der Waals surface area contributed by atoms with Crippen LogP contribution in [0.2, 0.25) is 0 Å². The van der Waals surface area contributed by atoms with E-state index in [0.717, 1.165) is 24.6 Å². The van der Waals surface area contributed by atoms with Crippen molar-refractivity contribution in [2.24, 2.45) is 5.92 Å². The van der Waals surface area contributed by atoms with Crippen LogP contribution < -0.4 is 10.1 Å². The zero-order valence-corrected chi connectivity index (χ0v) is 12.9. The average Bonchev–Trinajstić information content (AvgIpc) is 2.45. The van der Waals surface area contributed by atoms with Crippen LogP contribution in [0.5, 0.6) is 5.75 Å². The lowest BCUT2D eigenvalue weighted by atomic mass is 9.94. The standard InChI is InChI=1S/C17H29NO/c1-5-11-18-16(12-14(3)6-2)13-15-7-9-17(19-4)10-8-15/h7-10,14,16,18H,5-6,11-13H2,1-4H3. The van der Waals surface area contributed by atoms with Crippen molar-refractivity contribution in [2.45, 2.75) is 52.5 Å². The summed E-state index contributed by atoms with van der Waals surface area (Å²) in [7, 11) is 1.71. The Labute approximate surface area is 118 Å². The van der Waals surface area contributed by atoms with Crippen LogP contribution in [0.3, 0.4) is 0 Å². The number of methoxy groups -OCH3 is 1. The molecule has 19 heavy (non-hydrogen) atoms. The molecule has 0 radical (unpaired) electrons. The van der Waals surface area contributed by atoms with Gasteiger partial charge in [-0.2, -0.15) is 0 Å². The van der Waals surface area contributed by atoms with E-state index in [0.29, 0.717) is 6.04 Å². The number of rotatable bonds is 9. The van der Waals surface area contributed by atoms with Crippen molar-refractivity contribution in [1.29, 1.82) is 0 Å². The number of hydrogen-bond donors (Lipinski definition) is 1. The molecule has 2 atom stereocenters. The van der Waals surface area contributed by atoms with E-state index in [-0.39, 0.29) is 0 Å². The first-order chi connectivity index (χ1) is 9.19. The lowest BCUT2D eigenvalue weighted by molar-refractivity contribution is 0.391. The Kier molecular flexibility index (Phi) is 7.57. The molecule has 1 aromatic rings. The fourth-order valence-electron chi connectivity index (χ4n) is 2.29. The van der Waals surface area contributed by atoms with Crippen LogP contribution in [-0.2, 0) is 6.42 Å². The van der Waals surface area contributed by atoms with Gasteiger partial charge in [-0.3, -0.25) is 0 Å². The van der Waals surface area contributed by atoms with Crippen molar-refractivity contribution in [3.05, 3.63) is 29.8 Å². The van der Waals surface area contributed by atoms with Crippen LogP contribution in [0.25, 0.3) is 0 Å². The summed E-state index contributed by atoms with van der Waals surface area (Å²) >= 11 is 0. The van der Waals surface area contributed by atoms with E-state index in [2.05, 4.69) is 50.4 Å². The maximum Gasteiger partial charge on any atom is 0.118 e. The first kappa shape index (κ1) is 16.0. The van der Waals surface area contributed by atoms with Crippen molar-refractivity contribution in [3.8, 4) is 5.75 Å². The van der Waals surface area contributed by atoms with Gasteiger partial charge in [0.1, 0.15) is 5.75 Å². The highest BCUT2D eigenvalue weighted by atomic mass is 16.5. The maximum absolute atomic E-state index is 5.21. The third-order valence-electron chi connectivity index (χ3n) is 3.71. The van der Waals surface area contributed by atoms with Gasteiger partial charge in [-0.25, -0.2) is 0 Å². The Morgan fingerprint density at radius 3 is 2.37 bits per heavy atom. The molecule has 108 valence electrons. The lowest BCUT2D eigenvalue weighted by Crippen LogP contribution is -2.33. The molecular formula is C17H29NO. The molecule has 0 aliphatic carbocycles. The molecule has 0 spiro atoms. The molecule has 1 N–H and O–H groups in total. The van der Waals surface area contributed by atoms with Gasteiger partial charge in [0.15, 0.2) is 0 Å². The number of hydrogen-bond acceptors (Lipinski definition) is 2. The maximum atomic E-state index is 5.21. The largest absolute Gasteiger partial charge is 0.497 e. The molecule has 0 saturated heterocycles. The summed E-state index contributed by atoms with van der Waals surface area (Å²) in [4.78, 5) is 0. The number of ether oxygens (including phenoxy) is 1. The van der Waals surface area contributed by atoms with Crippen LogP contribution in [0.4, 0.5) is 0 Å². The van der Waals surface area contributed by atoms with E-state index < -0.39 is 0 Å². The zero-order valence-electron chi connectivity index (χ0n) is 12.9. The third kappa shape index (κ3) is 6.11. The summed E-state index contributed by atoms with van der Waals surface area (Å²) in [6.07, 6.45) is 4.81. The fraction of sp³-hybridized carbons (Fsp3) is 0.647. The first-order valence-electron chi connectivity index (χ1n) is 7.55. The van der Waals surface area contributed by atoms with Crippen molar-refractivity contribution in [2.75, 3.05) is 13.7 Å². The van der Waals surface area contributed by atoms with Crippen LogP contribution >= 0.6 is 0 Å². The second-order valence-electron chi connectivity index (χ2n) is 5.45. The van der Waals surface area contributed by atoms with E-state index in [1.54, 1.807) is 7.11 Å². The average molecular weight is 263 g/mol. The SMILES string of the molecule is CCCNC(Cc1ccc(OC)cc1)CC(C)CC. The molecule has 2 unspecified atom stereocenters. The van der Waals surface area contributed by atoms with Crippen LogP contribution in [-0.4, -0.2) is 19.7 Å². The molecule has 2 heteroatoms. The highest BCUT2D eigenvalue weighted by Crippen LogP contribution is 2.16. The summed E-state index contributed by atoms with van der Waals surface area (Å²) in [5.41, 5.74) is 1.39. The molecule has 0 aromatic heterocycles. The monoisotopic (exact) mass is 263 g/mol. The van der Waals surface area contributed by atoms with Crippen molar-refractivity contribution in [1.82, 2.24) is 5.32 Å². The van der Waals surface area contributed by atoms with Gasteiger partial charge in [0.2, 0.25) is 0 Å². The van der Waals surface area contributed by atoms with E-state index in [4.69, 9.17) is 4.74 Å². The van der Waals surface area contributed by atoms with Crippen LogP contribution in [0.1, 0.15) is 45.6 Å². The molecule has 0 bridgehead atoms. The van der Waals surface area contributed by atoms with Crippen molar-refractivity contribution >= 4 is 0 Å². The molecule has 0 saturated carbocycles. The molecule has 0 aliphatic rings. The summed E-state index contributed by atoms with van der Waals surface area (Å²) in [5.74, 6) is 1.72. The van der Waals surface area contributed by atoms with Gasteiger partial charge in [-0.1, -0.05) is 39.3 Å². The molecule has 0 heterocycles. The van der Waals surface area contributed by atoms with Gasteiger partial charge in [-0.15, -0.1) is 0 Å². The van der Waals surface area contributed by atoms with Crippen molar-refractivity contribution < 1.29 is 4.74 Å². The summed E-state index contributed by atoms with van der Waals surface area (Å²) in [5, 5.41) is 3.68. The van der Waals surface area contributed by atoms with E-state index in [1.165, 1.54) is 24.8 Å². The Morgan fingerprint density at radius 1 is 1.16 bits per heavy atom. The Hall–Kier alpha value is -1.02. The van der Waals surface area contributed by atoms with Gasteiger partial charge in [0, 0.05) is 6.04 Å². The topological polar surface area (TPSA) is 21.3 Å². The molecule has 1 rings (SSSR count). The molecule has 0 fully saturated rings. The van der Waals surface area contributed by atoms with E-state index in [9.17, 15) is 0 Å². The van der Waals surface area contributed by atoms with Crippen LogP contribution in [0.15, 0.2) is 24.3 Å². The molecule has 2 nitrogen and oxygen atoms in total. The van der Waals surface area contributed by atoms with Gasteiger partial charge >= 0.3 is 0 Å². The molecular weight excluding hydrogens is 234 g/mol. The van der Waals surface area contributed by atoms with Gasteiger partial charge in [-0.05, 0) is 49.4 Å². The zero-order chi connectivity index (χ0) is 14.1. The summed E-state index contributed by atoms with van der Waals surface area (Å²) < 4.78 is 5.21. The molecule has 1 aromatic carbocycles. The Balaban J connectivity index is 2.58. The molecule has 0 amide bonds. The minimum atomic E-state index is 0.586. The fourth-order valence-corrected chi connectivity index (χ4v) is 2.29. The third-order valence-corrected chi connectivity index (χ3v) is 3.71. The Morgan fingerprint density at radius 2 is 1.84 bits per heavy atom. The van der Waals surface area contributed by atoms with Crippen molar-refractivity contribution in [3.63, 3.8) is 0 Å². The normalized spacial score (nSPS) is 14.1. The van der Waals surface area contributed by atoms with Gasteiger partial charge < -0.3 is 10.1 Å². The van der Waals surface area contributed by atoms with E-state index >= 15 is 0 Å². The smallest absolute Gasteiger partial charge is 0.118 e. The minimum absolute atomic E-state index is 0.586. The minimum Gasteiger partial charge on any atom is -0.497 e. The first-order valence-corrected chi connectivity index (χ1v) is 7.55. The van der Waals surface area contributed by atoms with Gasteiger partial charge in [0.05, 0.1) is 7.11 Å². The quantitative estimate of drug-likeness (QED) is 0.726. The highest BCUT2D eigenvalue weighted by Gasteiger charge is 2.12. The Bertz CT molecular complexity index is 334. The highest BCUT2D eigenvalue weighted by molar-refractivity contribution is 5.27. The predicted molar refractivity (Wildman–Crippen MR) is 82.9 cm³/mol. The number of benzene rings is 1. The van der Waals surface area contributed by atoms with E-state index in [1.807, 2.05) is 0 Å². The predicted octanol–water partition coefficient (Wildman–Crippen LogP) is 4.04. The second-order valence-corrected chi connectivity index (χ2v) is 5.45. The second kappa shape index (κ2) is 8.98. The van der Waals surface area contributed by atoms with Gasteiger partial charge in [0.25, 0.3) is 0 Å². The number of nitrogens with one attached hydrogen (secondary N) is 1. The summed E-state index contributed by atoms with van der Waals surface area (Å²) in [6.45, 7) is 7.95. The lowest BCUT2D eigenvalue weighted by Gasteiger charge is -2.22. The summed E-state index contributed by atoms with van der Waals surface area (Å²) in [6, 6.07) is 9.04.